The second kappa shape index (κ2) is 1.79. The summed E-state index contributed by atoms with van der Waals surface area (Å²) in [7, 11) is 0. The molecule has 3 nitrogen and oxygen atoms in total. The third-order valence-electron chi connectivity index (χ3n) is 1.54. The highest BCUT2D eigenvalue weighted by molar-refractivity contribution is 7.07. The molecule has 52 valence electrons. The van der Waals surface area contributed by atoms with Crippen LogP contribution in [0, 0.1) is 13.8 Å². The maximum absolute atomic E-state index is 4.23. The van der Waals surface area contributed by atoms with Gasteiger partial charge in [-0.2, -0.15) is 9.47 Å². The van der Waals surface area contributed by atoms with E-state index < -0.39 is 0 Å². The Kier molecular flexibility index (Phi) is 1.05. The molecule has 1 N–H and O–H groups in total. The van der Waals surface area contributed by atoms with Crippen molar-refractivity contribution in [3.63, 3.8) is 0 Å². The van der Waals surface area contributed by atoms with Crippen molar-refractivity contribution in [2.24, 2.45) is 0 Å². The van der Waals surface area contributed by atoms with Crippen LogP contribution in [-0.2, 0) is 0 Å². The molecule has 0 aliphatic carbocycles. The lowest BCUT2D eigenvalue weighted by molar-refractivity contribution is 1.06. The molecule has 0 unspecified atom stereocenters. The van der Waals surface area contributed by atoms with Gasteiger partial charge in [0.15, 0.2) is 0 Å². The van der Waals surface area contributed by atoms with Gasteiger partial charge in [0.05, 0.1) is 11.2 Å². The van der Waals surface area contributed by atoms with Crippen LogP contribution in [-0.4, -0.2) is 14.6 Å². The van der Waals surface area contributed by atoms with Crippen molar-refractivity contribution in [1.82, 2.24) is 14.6 Å². The minimum atomic E-state index is 0.986. The molecule has 0 atom stereocenters. The molecule has 0 fully saturated rings. The van der Waals surface area contributed by atoms with Gasteiger partial charge in [0.1, 0.15) is 5.52 Å². The first-order valence-electron chi connectivity index (χ1n) is 3.06. The molecular formula is C6H7N3S. The molecule has 0 radical (unpaired) electrons. The number of H-pyrrole nitrogens is 1. The Hall–Kier alpha value is -0.900. The molecule has 0 saturated carbocycles. The molecular weight excluding hydrogens is 146 g/mol. The Labute approximate surface area is 62.2 Å². The van der Waals surface area contributed by atoms with Gasteiger partial charge in [0, 0.05) is 4.88 Å². The average molecular weight is 153 g/mol. The zero-order valence-electron chi connectivity index (χ0n) is 5.80. The normalized spacial score (nSPS) is 11.0. The number of nitrogens with one attached hydrogen (secondary N) is 1. The molecule has 0 amide bonds. The van der Waals surface area contributed by atoms with Gasteiger partial charge in [-0.25, -0.2) is 0 Å². The van der Waals surface area contributed by atoms with Crippen molar-refractivity contribution in [3.05, 3.63) is 10.6 Å². The molecule has 2 heterocycles. The van der Waals surface area contributed by atoms with E-state index in [0.29, 0.717) is 0 Å². The zero-order chi connectivity index (χ0) is 7.14. The summed E-state index contributed by atoms with van der Waals surface area (Å²) in [6.45, 7) is 4.00. The van der Waals surface area contributed by atoms with Crippen LogP contribution in [0.15, 0.2) is 0 Å². The number of aryl methyl sites for hydroxylation is 2. The van der Waals surface area contributed by atoms with E-state index in [9.17, 15) is 0 Å². The van der Waals surface area contributed by atoms with E-state index >= 15 is 0 Å². The Balaban J connectivity index is 2.95. The van der Waals surface area contributed by atoms with Crippen LogP contribution in [0.1, 0.15) is 10.6 Å². The molecule has 2 rings (SSSR count). The number of nitrogens with zero attached hydrogens (tertiary/aromatic N) is 2. The van der Waals surface area contributed by atoms with Crippen molar-refractivity contribution in [2.75, 3.05) is 0 Å². The smallest absolute Gasteiger partial charge is 0.125 e. The molecule has 0 saturated heterocycles. The topological polar surface area (TPSA) is 41.6 Å². The molecule has 2 aromatic rings. The van der Waals surface area contributed by atoms with Crippen LogP contribution >= 0.6 is 11.5 Å². The second-order valence-electron chi connectivity index (χ2n) is 2.27. The summed E-state index contributed by atoms with van der Waals surface area (Å²) < 4.78 is 4.23. The Morgan fingerprint density at radius 3 is 2.90 bits per heavy atom. The second-order valence-corrected chi connectivity index (χ2v) is 3.25. The quantitative estimate of drug-likeness (QED) is 0.625. The molecule has 0 aliphatic heterocycles. The monoisotopic (exact) mass is 153 g/mol. The zero-order valence-corrected chi connectivity index (χ0v) is 6.62. The lowest BCUT2D eigenvalue weighted by Crippen LogP contribution is -1.70. The maximum atomic E-state index is 4.23. The molecule has 4 heteroatoms. The van der Waals surface area contributed by atoms with Crippen molar-refractivity contribution in [1.29, 1.82) is 0 Å². The van der Waals surface area contributed by atoms with Crippen molar-refractivity contribution in [2.45, 2.75) is 13.8 Å². The highest BCUT2D eigenvalue weighted by Crippen LogP contribution is 2.20. The van der Waals surface area contributed by atoms with E-state index in [1.807, 2.05) is 13.8 Å². The Morgan fingerprint density at radius 2 is 2.20 bits per heavy atom. The van der Waals surface area contributed by atoms with Crippen LogP contribution in [0.4, 0.5) is 0 Å². The molecule has 10 heavy (non-hydrogen) atoms. The summed E-state index contributed by atoms with van der Waals surface area (Å²) in [5, 5.41) is 6.97. The Bertz CT molecular complexity index is 324. The fraction of sp³-hybridized carbons (Fsp3) is 0.333. The predicted octanol–water partition coefficient (Wildman–Crippen LogP) is 1.64. The van der Waals surface area contributed by atoms with Crippen LogP contribution in [0.3, 0.4) is 0 Å². The SMILES string of the molecule is Cc1n[nH]c2c(C)snc12. The van der Waals surface area contributed by atoms with E-state index in [1.54, 1.807) is 0 Å². The molecule has 0 bridgehead atoms. The largest absolute Gasteiger partial charge is 0.275 e. The van der Waals surface area contributed by atoms with Gasteiger partial charge < -0.3 is 0 Å². The first kappa shape index (κ1) is 5.85. The van der Waals surface area contributed by atoms with Gasteiger partial charge in [-0.1, -0.05) is 0 Å². The third kappa shape index (κ3) is 0.593. The third-order valence-corrected chi connectivity index (χ3v) is 2.29. The first-order valence-corrected chi connectivity index (χ1v) is 3.83. The standard InChI is InChI=1S/C6H7N3S/c1-3-5-6(8-7-3)4(2)10-9-5/h8H,1-2H3. The van der Waals surface area contributed by atoms with Gasteiger partial charge in [0.25, 0.3) is 0 Å². The average Bonchev–Trinajstić information content (AvgIpc) is 2.41. The highest BCUT2D eigenvalue weighted by Gasteiger charge is 2.05. The molecule has 2 aromatic heterocycles. The fourth-order valence-electron chi connectivity index (χ4n) is 0.943. The number of fused-ring (bicyclic) bond motifs is 1. The summed E-state index contributed by atoms with van der Waals surface area (Å²) >= 11 is 1.52. The lowest BCUT2D eigenvalue weighted by atomic mass is 10.3. The summed E-state index contributed by atoms with van der Waals surface area (Å²) in [5.74, 6) is 0. The van der Waals surface area contributed by atoms with E-state index in [-0.39, 0.29) is 0 Å². The van der Waals surface area contributed by atoms with Crippen LogP contribution < -0.4 is 0 Å². The summed E-state index contributed by atoms with van der Waals surface area (Å²) in [6.07, 6.45) is 0. The summed E-state index contributed by atoms with van der Waals surface area (Å²) in [4.78, 5) is 1.20. The molecule has 0 aliphatic rings. The van der Waals surface area contributed by atoms with Crippen LogP contribution in [0.2, 0.25) is 0 Å². The van der Waals surface area contributed by atoms with Crippen LogP contribution in [0.5, 0.6) is 0 Å². The van der Waals surface area contributed by atoms with Crippen molar-refractivity contribution in [3.8, 4) is 0 Å². The van der Waals surface area contributed by atoms with Gasteiger partial charge in [-0.3, -0.25) is 5.10 Å². The van der Waals surface area contributed by atoms with Crippen molar-refractivity contribution < 1.29 is 0 Å². The van der Waals surface area contributed by atoms with E-state index in [2.05, 4.69) is 14.6 Å². The predicted molar refractivity (Wildman–Crippen MR) is 41.2 cm³/mol. The van der Waals surface area contributed by atoms with Gasteiger partial charge in [-0.15, -0.1) is 0 Å². The highest BCUT2D eigenvalue weighted by atomic mass is 32.1. The lowest BCUT2D eigenvalue weighted by Gasteiger charge is -1.73. The molecule has 0 aromatic carbocycles. The number of rotatable bonds is 0. The minimum absolute atomic E-state index is 0.986. The number of hydrogen-bond donors (Lipinski definition) is 1. The van der Waals surface area contributed by atoms with Gasteiger partial charge >= 0.3 is 0 Å². The van der Waals surface area contributed by atoms with Crippen molar-refractivity contribution >= 4 is 22.6 Å². The first-order chi connectivity index (χ1) is 4.79. The maximum Gasteiger partial charge on any atom is 0.125 e. The van der Waals surface area contributed by atoms with Gasteiger partial charge in [-0.05, 0) is 25.4 Å². The van der Waals surface area contributed by atoms with Crippen LogP contribution in [0.25, 0.3) is 11.0 Å². The number of aromatic amines is 1. The van der Waals surface area contributed by atoms with E-state index in [4.69, 9.17) is 0 Å². The number of aromatic nitrogens is 3. The summed E-state index contributed by atoms with van der Waals surface area (Å²) in [5.41, 5.74) is 3.09. The minimum Gasteiger partial charge on any atom is -0.275 e. The Morgan fingerprint density at radius 1 is 1.40 bits per heavy atom. The number of hydrogen-bond acceptors (Lipinski definition) is 3. The fourth-order valence-corrected chi connectivity index (χ4v) is 1.63. The van der Waals surface area contributed by atoms with E-state index in [0.717, 1.165) is 16.7 Å². The summed E-state index contributed by atoms with van der Waals surface area (Å²) in [6, 6.07) is 0. The van der Waals surface area contributed by atoms with E-state index in [1.165, 1.54) is 16.4 Å². The molecule has 0 spiro atoms. The van der Waals surface area contributed by atoms with Gasteiger partial charge in [0.2, 0.25) is 0 Å².